The van der Waals surface area contributed by atoms with E-state index in [1.807, 2.05) is 30.3 Å². The Morgan fingerprint density at radius 3 is 2.45 bits per heavy atom. The number of hydrogen-bond donors (Lipinski definition) is 1. The molecule has 3 rings (SSSR count). The molecule has 104 valence electrons. The molecule has 1 N–H and O–H groups in total. The minimum absolute atomic E-state index is 0.225. The predicted molar refractivity (Wildman–Crippen MR) is 69.3 cm³/mol. The van der Waals surface area contributed by atoms with Gasteiger partial charge in [-0.05, 0) is 12.0 Å². The van der Waals surface area contributed by atoms with Gasteiger partial charge in [0.15, 0.2) is 0 Å². The van der Waals surface area contributed by atoms with E-state index >= 15 is 0 Å². The summed E-state index contributed by atoms with van der Waals surface area (Å²) < 4.78 is 0. The van der Waals surface area contributed by atoms with Crippen molar-refractivity contribution >= 4 is 17.8 Å². The van der Waals surface area contributed by atoms with E-state index in [4.69, 9.17) is 5.11 Å². The Bertz CT molecular complexity index is 597. The Morgan fingerprint density at radius 2 is 1.95 bits per heavy atom. The molecular formula is C15H15NO4. The quantitative estimate of drug-likeness (QED) is 0.839. The maximum Gasteiger partial charge on any atom is 0.308 e. The molecule has 2 aliphatic rings. The van der Waals surface area contributed by atoms with Crippen molar-refractivity contribution in [2.24, 2.45) is 17.3 Å². The van der Waals surface area contributed by atoms with Gasteiger partial charge in [-0.1, -0.05) is 37.3 Å². The van der Waals surface area contributed by atoms with Gasteiger partial charge in [0, 0.05) is 0 Å². The third-order valence-electron chi connectivity index (χ3n) is 4.54. The molecule has 5 nitrogen and oxygen atoms in total. The number of imide groups is 1. The highest BCUT2D eigenvalue weighted by atomic mass is 16.4. The fourth-order valence-corrected chi connectivity index (χ4v) is 3.46. The molecule has 1 aliphatic carbocycles. The van der Waals surface area contributed by atoms with E-state index in [1.165, 1.54) is 4.90 Å². The van der Waals surface area contributed by atoms with Gasteiger partial charge in [0.25, 0.3) is 0 Å². The molecule has 0 spiro atoms. The van der Waals surface area contributed by atoms with E-state index in [2.05, 4.69) is 0 Å². The van der Waals surface area contributed by atoms with Gasteiger partial charge in [0.1, 0.15) is 0 Å². The van der Waals surface area contributed by atoms with Crippen molar-refractivity contribution in [2.75, 3.05) is 0 Å². The van der Waals surface area contributed by atoms with E-state index < -0.39 is 23.2 Å². The van der Waals surface area contributed by atoms with Crippen LogP contribution in [0.1, 0.15) is 18.9 Å². The lowest BCUT2D eigenvalue weighted by atomic mass is 9.99. The second kappa shape index (κ2) is 4.16. The summed E-state index contributed by atoms with van der Waals surface area (Å²) in [6, 6.07) is 9.24. The normalized spacial score (nSPS) is 31.4. The van der Waals surface area contributed by atoms with E-state index in [0.29, 0.717) is 6.42 Å². The van der Waals surface area contributed by atoms with Gasteiger partial charge >= 0.3 is 5.97 Å². The van der Waals surface area contributed by atoms with Crippen LogP contribution in [0, 0.1) is 17.3 Å². The van der Waals surface area contributed by atoms with Crippen LogP contribution < -0.4 is 0 Å². The van der Waals surface area contributed by atoms with Crippen molar-refractivity contribution in [2.45, 2.75) is 19.9 Å². The van der Waals surface area contributed by atoms with Crippen LogP contribution in [-0.4, -0.2) is 27.8 Å². The zero-order chi connectivity index (χ0) is 14.5. The largest absolute Gasteiger partial charge is 0.481 e. The molecule has 2 amide bonds. The molecule has 2 fully saturated rings. The molecule has 1 aromatic carbocycles. The number of carboxylic acids is 1. The van der Waals surface area contributed by atoms with Crippen molar-refractivity contribution < 1.29 is 19.5 Å². The Morgan fingerprint density at radius 1 is 1.30 bits per heavy atom. The average molecular weight is 273 g/mol. The lowest BCUT2D eigenvalue weighted by Crippen LogP contribution is -2.38. The summed E-state index contributed by atoms with van der Waals surface area (Å²) >= 11 is 0. The van der Waals surface area contributed by atoms with Gasteiger partial charge in [-0.25, -0.2) is 0 Å². The first kappa shape index (κ1) is 12.8. The number of carbonyl (C=O) groups is 3. The fourth-order valence-electron chi connectivity index (χ4n) is 3.46. The molecule has 1 aliphatic heterocycles. The highest BCUT2D eigenvalue weighted by Gasteiger charge is 2.80. The van der Waals surface area contributed by atoms with Crippen LogP contribution in [0.4, 0.5) is 0 Å². The topological polar surface area (TPSA) is 74.7 Å². The standard InChI is InChI=1S/C15H15NO4/c1-2-15-10(11(15)13(18)19)12(17)16(14(15)20)8-9-6-4-3-5-7-9/h3-7,10-11H,2,8H2,1H3,(H,18,19). The van der Waals surface area contributed by atoms with Crippen LogP contribution in [0.15, 0.2) is 30.3 Å². The van der Waals surface area contributed by atoms with E-state index in [-0.39, 0.29) is 18.4 Å². The molecule has 3 atom stereocenters. The number of aliphatic carboxylic acids is 1. The van der Waals surface area contributed by atoms with Crippen LogP contribution in [0.2, 0.25) is 0 Å². The summed E-state index contributed by atoms with van der Waals surface area (Å²) in [4.78, 5) is 37.1. The van der Waals surface area contributed by atoms with Crippen molar-refractivity contribution in [1.29, 1.82) is 0 Å². The number of carboxylic acid groups (broad SMARTS) is 1. The Hall–Kier alpha value is -2.17. The zero-order valence-corrected chi connectivity index (χ0v) is 11.1. The average Bonchev–Trinajstić information content (AvgIpc) is 3.10. The Kier molecular flexibility index (Phi) is 2.67. The summed E-state index contributed by atoms with van der Waals surface area (Å²) in [7, 11) is 0. The lowest BCUT2D eigenvalue weighted by Gasteiger charge is -2.20. The van der Waals surface area contributed by atoms with Crippen LogP contribution >= 0.6 is 0 Å². The zero-order valence-electron chi connectivity index (χ0n) is 11.1. The van der Waals surface area contributed by atoms with Gasteiger partial charge < -0.3 is 5.11 Å². The molecule has 3 unspecified atom stereocenters. The highest BCUT2D eigenvalue weighted by molar-refractivity contribution is 6.15. The van der Waals surface area contributed by atoms with Crippen molar-refractivity contribution in [3.63, 3.8) is 0 Å². The smallest absolute Gasteiger partial charge is 0.308 e. The van der Waals surface area contributed by atoms with Crippen LogP contribution in [0.25, 0.3) is 0 Å². The fraction of sp³-hybridized carbons (Fsp3) is 0.400. The monoisotopic (exact) mass is 273 g/mol. The van der Waals surface area contributed by atoms with E-state index in [9.17, 15) is 14.4 Å². The number of carbonyl (C=O) groups excluding carboxylic acids is 2. The van der Waals surface area contributed by atoms with Gasteiger partial charge in [0.2, 0.25) is 11.8 Å². The second-order valence-corrected chi connectivity index (χ2v) is 5.40. The molecule has 1 heterocycles. The number of fused-ring (bicyclic) bond motifs is 1. The van der Waals surface area contributed by atoms with Crippen molar-refractivity contribution in [3.8, 4) is 0 Å². The van der Waals surface area contributed by atoms with Crippen molar-refractivity contribution in [1.82, 2.24) is 4.90 Å². The third kappa shape index (κ3) is 1.46. The van der Waals surface area contributed by atoms with E-state index in [0.717, 1.165) is 5.56 Å². The first-order valence-electron chi connectivity index (χ1n) is 6.66. The SMILES string of the molecule is CCC12C(=O)N(Cc3ccccc3)C(=O)C1C2C(=O)O. The number of benzene rings is 1. The molecule has 0 bridgehead atoms. The number of rotatable bonds is 4. The molecule has 5 heteroatoms. The maximum absolute atomic E-state index is 12.5. The molecular weight excluding hydrogens is 258 g/mol. The van der Waals surface area contributed by atoms with Gasteiger partial charge in [-0.15, -0.1) is 0 Å². The summed E-state index contributed by atoms with van der Waals surface area (Å²) in [5, 5.41) is 9.14. The first-order valence-corrected chi connectivity index (χ1v) is 6.66. The number of hydrogen-bond acceptors (Lipinski definition) is 3. The number of nitrogens with zero attached hydrogens (tertiary/aromatic N) is 1. The summed E-state index contributed by atoms with van der Waals surface area (Å²) in [5.74, 6) is -3.21. The van der Waals surface area contributed by atoms with Gasteiger partial charge in [0.05, 0.1) is 23.8 Å². The maximum atomic E-state index is 12.5. The van der Waals surface area contributed by atoms with E-state index in [1.54, 1.807) is 6.92 Å². The predicted octanol–water partition coefficient (Wildman–Crippen LogP) is 1.28. The summed E-state index contributed by atoms with van der Waals surface area (Å²) in [5.41, 5.74) is -0.119. The lowest BCUT2D eigenvalue weighted by molar-refractivity contribution is -0.151. The minimum Gasteiger partial charge on any atom is -0.481 e. The van der Waals surface area contributed by atoms with Crippen LogP contribution in [0.3, 0.4) is 0 Å². The number of piperidine rings is 1. The number of amides is 2. The van der Waals surface area contributed by atoms with Gasteiger partial charge in [-0.3, -0.25) is 19.3 Å². The Balaban J connectivity index is 1.86. The van der Waals surface area contributed by atoms with Crippen molar-refractivity contribution in [3.05, 3.63) is 35.9 Å². The summed E-state index contributed by atoms with van der Waals surface area (Å²) in [6.45, 7) is 2.00. The molecule has 0 aromatic heterocycles. The molecule has 1 aromatic rings. The third-order valence-corrected chi connectivity index (χ3v) is 4.54. The summed E-state index contributed by atoms with van der Waals surface area (Å²) in [6.07, 6.45) is 0.393. The molecule has 1 saturated carbocycles. The molecule has 20 heavy (non-hydrogen) atoms. The Labute approximate surface area is 116 Å². The van der Waals surface area contributed by atoms with Crippen LogP contribution in [-0.2, 0) is 20.9 Å². The molecule has 0 radical (unpaired) electrons. The second-order valence-electron chi connectivity index (χ2n) is 5.40. The number of likely N-dealkylation sites (tertiary alicyclic amines) is 1. The highest BCUT2D eigenvalue weighted by Crippen LogP contribution is 2.66. The van der Waals surface area contributed by atoms with Gasteiger partial charge in [-0.2, -0.15) is 0 Å². The first-order chi connectivity index (χ1) is 9.54. The minimum atomic E-state index is -1.04. The van der Waals surface area contributed by atoms with Crippen LogP contribution in [0.5, 0.6) is 0 Å². The molecule has 1 saturated heterocycles.